The van der Waals surface area contributed by atoms with E-state index in [4.69, 9.17) is 5.11 Å². The quantitative estimate of drug-likeness (QED) is 0.759. The molecule has 1 amide bonds. The number of aliphatic carboxylic acids is 1. The number of aromatic amines is 1. The molecular formula is C12H12N4O3. The average Bonchev–Trinajstić information content (AvgIpc) is 2.75. The van der Waals surface area contributed by atoms with E-state index in [9.17, 15) is 9.59 Å². The van der Waals surface area contributed by atoms with Crippen molar-refractivity contribution < 1.29 is 14.7 Å². The van der Waals surface area contributed by atoms with Crippen molar-refractivity contribution in [3.63, 3.8) is 0 Å². The Kier molecular flexibility index (Phi) is 3.56. The van der Waals surface area contributed by atoms with E-state index in [-0.39, 0.29) is 12.2 Å². The average molecular weight is 260 g/mol. The number of carbonyl (C=O) groups is 2. The number of aromatic nitrogens is 3. The van der Waals surface area contributed by atoms with Gasteiger partial charge in [-0.25, -0.2) is 4.98 Å². The van der Waals surface area contributed by atoms with Crippen LogP contribution < -0.4 is 5.32 Å². The van der Waals surface area contributed by atoms with Crippen LogP contribution in [0.2, 0.25) is 0 Å². The van der Waals surface area contributed by atoms with Gasteiger partial charge in [0.15, 0.2) is 0 Å². The van der Waals surface area contributed by atoms with Gasteiger partial charge in [0.1, 0.15) is 5.82 Å². The van der Waals surface area contributed by atoms with Crippen LogP contribution in [0.1, 0.15) is 22.0 Å². The summed E-state index contributed by atoms with van der Waals surface area (Å²) in [6.45, 7) is 1.69. The summed E-state index contributed by atoms with van der Waals surface area (Å²) in [6, 6.07) is 6.63. The Morgan fingerprint density at radius 1 is 1.42 bits per heavy atom. The van der Waals surface area contributed by atoms with E-state index >= 15 is 0 Å². The van der Waals surface area contributed by atoms with Crippen molar-refractivity contribution >= 4 is 17.6 Å². The molecule has 98 valence electrons. The molecule has 7 nitrogen and oxygen atoms in total. The van der Waals surface area contributed by atoms with Crippen molar-refractivity contribution in [1.29, 1.82) is 0 Å². The summed E-state index contributed by atoms with van der Waals surface area (Å²) in [5.41, 5.74) is 1.11. The van der Waals surface area contributed by atoms with E-state index in [1.54, 1.807) is 31.2 Å². The van der Waals surface area contributed by atoms with Gasteiger partial charge in [-0.05, 0) is 24.6 Å². The van der Waals surface area contributed by atoms with Crippen LogP contribution in [0.5, 0.6) is 0 Å². The monoisotopic (exact) mass is 260 g/mol. The highest BCUT2D eigenvalue weighted by molar-refractivity contribution is 6.01. The zero-order chi connectivity index (χ0) is 13.8. The van der Waals surface area contributed by atoms with Gasteiger partial charge in [0.05, 0.1) is 6.42 Å². The molecule has 2 aromatic rings. The van der Waals surface area contributed by atoms with Crippen molar-refractivity contribution in [3.05, 3.63) is 41.5 Å². The van der Waals surface area contributed by atoms with Crippen molar-refractivity contribution in [1.82, 2.24) is 15.2 Å². The van der Waals surface area contributed by atoms with Gasteiger partial charge in [0.25, 0.3) is 5.91 Å². The fraction of sp³-hybridized carbons (Fsp3) is 0.167. The van der Waals surface area contributed by atoms with Crippen molar-refractivity contribution in [2.45, 2.75) is 13.3 Å². The first-order valence-electron chi connectivity index (χ1n) is 5.55. The SMILES string of the molecule is Cc1nc(C(=O)Nc2cccc(CC(=O)O)c2)n[nH]1. The molecule has 0 aliphatic rings. The number of carboxylic acids is 1. The first kappa shape index (κ1) is 12.7. The van der Waals surface area contributed by atoms with E-state index in [0.29, 0.717) is 17.1 Å². The molecule has 0 unspecified atom stereocenters. The summed E-state index contributed by atoms with van der Waals surface area (Å²) < 4.78 is 0. The number of H-pyrrole nitrogens is 1. The first-order chi connectivity index (χ1) is 9.04. The summed E-state index contributed by atoms with van der Waals surface area (Å²) in [6.07, 6.45) is -0.0938. The van der Waals surface area contributed by atoms with Gasteiger partial charge in [-0.15, -0.1) is 5.10 Å². The maximum absolute atomic E-state index is 11.8. The fourth-order valence-electron chi connectivity index (χ4n) is 1.56. The van der Waals surface area contributed by atoms with Crippen LogP contribution in [0.3, 0.4) is 0 Å². The number of carbonyl (C=O) groups excluding carboxylic acids is 1. The lowest BCUT2D eigenvalue weighted by Gasteiger charge is -2.04. The zero-order valence-corrected chi connectivity index (χ0v) is 10.2. The van der Waals surface area contributed by atoms with Crippen LogP contribution >= 0.6 is 0 Å². The summed E-state index contributed by atoms with van der Waals surface area (Å²) in [5, 5.41) is 17.6. The van der Waals surface area contributed by atoms with Gasteiger partial charge in [0.2, 0.25) is 5.82 Å². The molecular weight excluding hydrogens is 248 g/mol. The molecule has 0 saturated heterocycles. The molecule has 0 saturated carbocycles. The minimum absolute atomic E-state index is 0.0427. The van der Waals surface area contributed by atoms with Crippen LogP contribution in [0, 0.1) is 6.92 Å². The summed E-state index contributed by atoms with van der Waals surface area (Å²) in [4.78, 5) is 26.3. The van der Waals surface area contributed by atoms with Crippen molar-refractivity contribution in [2.75, 3.05) is 5.32 Å². The van der Waals surface area contributed by atoms with E-state index in [2.05, 4.69) is 20.5 Å². The van der Waals surface area contributed by atoms with Gasteiger partial charge in [-0.2, -0.15) is 0 Å². The minimum Gasteiger partial charge on any atom is -0.481 e. The molecule has 2 rings (SSSR count). The third-order valence-corrected chi connectivity index (χ3v) is 2.34. The molecule has 0 aliphatic heterocycles. The molecule has 0 bridgehead atoms. The number of hydrogen-bond acceptors (Lipinski definition) is 4. The van der Waals surface area contributed by atoms with Gasteiger partial charge in [0, 0.05) is 5.69 Å². The number of carboxylic acid groups (broad SMARTS) is 1. The molecule has 0 atom stereocenters. The molecule has 19 heavy (non-hydrogen) atoms. The Morgan fingerprint density at radius 3 is 2.84 bits per heavy atom. The molecule has 7 heteroatoms. The van der Waals surface area contributed by atoms with Gasteiger partial charge < -0.3 is 10.4 Å². The highest BCUT2D eigenvalue weighted by Gasteiger charge is 2.11. The maximum atomic E-state index is 11.8. The molecule has 1 heterocycles. The number of aryl methyl sites for hydroxylation is 1. The second kappa shape index (κ2) is 5.30. The van der Waals surface area contributed by atoms with Crippen LogP contribution in [0.15, 0.2) is 24.3 Å². The maximum Gasteiger partial charge on any atom is 0.307 e. The molecule has 0 spiro atoms. The normalized spacial score (nSPS) is 10.2. The number of nitrogens with zero attached hydrogens (tertiary/aromatic N) is 2. The Morgan fingerprint density at radius 2 is 2.21 bits per heavy atom. The highest BCUT2D eigenvalue weighted by Crippen LogP contribution is 2.12. The Balaban J connectivity index is 2.10. The second-order valence-electron chi connectivity index (χ2n) is 3.97. The number of amides is 1. The van der Waals surface area contributed by atoms with E-state index in [1.165, 1.54) is 0 Å². The predicted molar refractivity (Wildman–Crippen MR) is 66.9 cm³/mol. The van der Waals surface area contributed by atoms with Crippen LogP contribution in [-0.4, -0.2) is 32.2 Å². The molecule has 0 aliphatic carbocycles. The lowest BCUT2D eigenvalue weighted by molar-refractivity contribution is -0.136. The van der Waals surface area contributed by atoms with Gasteiger partial charge in [-0.3, -0.25) is 14.7 Å². The largest absolute Gasteiger partial charge is 0.481 e. The molecule has 0 radical (unpaired) electrons. The number of rotatable bonds is 4. The Bertz CT molecular complexity index is 621. The number of nitrogens with one attached hydrogen (secondary N) is 2. The smallest absolute Gasteiger partial charge is 0.307 e. The standard InChI is InChI=1S/C12H12N4O3/c1-7-13-11(16-15-7)12(19)14-9-4-2-3-8(5-9)6-10(17)18/h2-5H,6H2,1H3,(H,14,19)(H,17,18)(H,13,15,16). The zero-order valence-electron chi connectivity index (χ0n) is 10.2. The second-order valence-corrected chi connectivity index (χ2v) is 3.97. The van der Waals surface area contributed by atoms with Crippen LogP contribution in [-0.2, 0) is 11.2 Å². The Labute approximate surface area is 108 Å². The summed E-state index contributed by atoms with van der Waals surface area (Å²) in [7, 11) is 0. The van der Waals surface area contributed by atoms with Gasteiger partial charge >= 0.3 is 5.97 Å². The molecule has 3 N–H and O–H groups in total. The fourth-order valence-corrected chi connectivity index (χ4v) is 1.56. The third-order valence-electron chi connectivity index (χ3n) is 2.34. The minimum atomic E-state index is -0.923. The van der Waals surface area contributed by atoms with E-state index in [1.807, 2.05) is 0 Å². The van der Waals surface area contributed by atoms with Crippen LogP contribution in [0.25, 0.3) is 0 Å². The van der Waals surface area contributed by atoms with E-state index in [0.717, 1.165) is 0 Å². The van der Waals surface area contributed by atoms with E-state index < -0.39 is 11.9 Å². The van der Waals surface area contributed by atoms with Crippen molar-refractivity contribution in [3.8, 4) is 0 Å². The third kappa shape index (κ3) is 3.38. The highest BCUT2D eigenvalue weighted by atomic mass is 16.4. The number of benzene rings is 1. The number of anilines is 1. The first-order valence-corrected chi connectivity index (χ1v) is 5.55. The summed E-state index contributed by atoms with van der Waals surface area (Å²) >= 11 is 0. The lowest BCUT2D eigenvalue weighted by Crippen LogP contribution is -2.14. The molecule has 1 aromatic heterocycles. The molecule has 0 fully saturated rings. The topological polar surface area (TPSA) is 108 Å². The predicted octanol–water partition coefficient (Wildman–Crippen LogP) is 0.993. The Hall–Kier alpha value is -2.70. The lowest BCUT2D eigenvalue weighted by atomic mass is 10.1. The number of hydrogen-bond donors (Lipinski definition) is 3. The van der Waals surface area contributed by atoms with Crippen LogP contribution in [0.4, 0.5) is 5.69 Å². The molecule has 1 aromatic carbocycles. The van der Waals surface area contributed by atoms with Gasteiger partial charge in [-0.1, -0.05) is 12.1 Å². The summed E-state index contributed by atoms with van der Waals surface area (Å²) in [5.74, 6) is -0.782. The van der Waals surface area contributed by atoms with Crippen molar-refractivity contribution in [2.24, 2.45) is 0 Å².